The number of nitrogens with one attached hydrogen (secondary N) is 1. The lowest BCUT2D eigenvalue weighted by atomic mass is 9.96. The van der Waals surface area contributed by atoms with E-state index in [1.807, 2.05) is 17.1 Å². The van der Waals surface area contributed by atoms with Crippen LogP contribution in [0.25, 0.3) is 0 Å². The normalized spacial score (nSPS) is 14.8. The first-order chi connectivity index (χ1) is 10.2. The lowest BCUT2D eigenvalue weighted by Crippen LogP contribution is -2.35. The summed E-state index contributed by atoms with van der Waals surface area (Å²) in [6, 6.07) is 5.93. The van der Waals surface area contributed by atoms with Crippen LogP contribution >= 0.6 is 0 Å². The molecule has 0 fully saturated rings. The number of halogens is 1. The molecule has 1 unspecified atom stereocenters. The van der Waals surface area contributed by atoms with Gasteiger partial charge in [-0.05, 0) is 45.4 Å². The minimum absolute atomic E-state index is 0.0438. The summed E-state index contributed by atoms with van der Waals surface area (Å²) in [6.45, 7) is 8.99. The zero-order valence-corrected chi connectivity index (χ0v) is 13.6. The first-order valence-electron chi connectivity index (χ1n) is 7.42. The summed E-state index contributed by atoms with van der Waals surface area (Å²) in [5.41, 5.74) is 0.655. The molecule has 2 N–H and O–H groups in total. The lowest BCUT2D eigenvalue weighted by molar-refractivity contribution is 0.0566. The van der Waals surface area contributed by atoms with Crippen molar-refractivity contribution in [1.29, 1.82) is 0 Å². The Morgan fingerprint density at radius 1 is 1.18 bits per heavy atom. The molecular formula is C17H24FN3O. The van der Waals surface area contributed by atoms with Gasteiger partial charge in [-0.2, -0.15) is 5.10 Å². The number of aromatic nitrogens is 2. The summed E-state index contributed by atoms with van der Waals surface area (Å²) < 4.78 is 14.9. The van der Waals surface area contributed by atoms with Gasteiger partial charge in [-0.25, -0.2) is 4.39 Å². The number of aliphatic hydroxyl groups is 1. The van der Waals surface area contributed by atoms with Crippen LogP contribution in [0.3, 0.4) is 0 Å². The fourth-order valence-electron chi connectivity index (χ4n) is 2.18. The Labute approximate surface area is 131 Å². The van der Waals surface area contributed by atoms with Gasteiger partial charge in [0.15, 0.2) is 0 Å². The molecule has 2 rings (SSSR count). The van der Waals surface area contributed by atoms with E-state index in [2.05, 4.69) is 31.2 Å². The number of benzene rings is 1. The predicted octanol–water partition coefficient (Wildman–Crippen LogP) is 2.77. The largest absolute Gasteiger partial charge is 0.384 e. The third-order valence-corrected chi connectivity index (χ3v) is 3.59. The quantitative estimate of drug-likeness (QED) is 0.893. The fourth-order valence-corrected chi connectivity index (χ4v) is 2.18. The molecule has 0 amide bonds. The molecule has 1 aromatic heterocycles. The van der Waals surface area contributed by atoms with E-state index in [-0.39, 0.29) is 11.4 Å². The second-order valence-corrected chi connectivity index (χ2v) is 6.85. The third-order valence-electron chi connectivity index (χ3n) is 3.59. The summed E-state index contributed by atoms with van der Waals surface area (Å²) in [6.07, 6.45) is 3.82. The van der Waals surface area contributed by atoms with Gasteiger partial charge in [0, 0.05) is 24.8 Å². The van der Waals surface area contributed by atoms with Crippen molar-refractivity contribution >= 4 is 0 Å². The van der Waals surface area contributed by atoms with Crippen LogP contribution in [0.1, 0.15) is 38.8 Å². The number of hydrogen-bond donors (Lipinski definition) is 2. The molecule has 0 saturated carbocycles. The van der Waals surface area contributed by atoms with E-state index < -0.39 is 5.60 Å². The summed E-state index contributed by atoms with van der Waals surface area (Å²) in [4.78, 5) is 0. The second-order valence-electron chi connectivity index (χ2n) is 6.85. The van der Waals surface area contributed by atoms with Crippen molar-refractivity contribution < 1.29 is 9.50 Å². The molecule has 5 heteroatoms. The van der Waals surface area contributed by atoms with Crippen molar-refractivity contribution in [3.63, 3.8) is 0 Å². The molecule has 0 saturated heterocycles. The molecule has 120 valence electrons. The Hall–Kier alpha value is -1.72. The average Bonchev–Trinajstić information content (AvgIpc) is 2.88. The maximum absolute atomic E-state index is 12.9. The first kappa shape index (κ1) is 16.6. The lowest BCUT2D eigenvalue weighted by Gasteiger charge is -2.24. The number of rotatable bonds is 5. The molecule has 0 bridgehead atoms. The van der Waals surface area contributed by atoms with Crippen LogP contribution < -0.4 is 5.32 Å². The van der Waals surface area contributed by atoms with Crippen LogP contribution in [0.2, 0.25) is 0 Å². The van der Waals surface area contributed by atoms with Gasteiger partial charge in [-0.1, -0.05) is 12.1 Å². The van der Waals surface area contributed by atoms with Gasteiger partial charge in [0.1, 0.15) is 5.82 Å². The van der Waals surface area contributed by atoms with Crippen molar-refractivity contribution in [2.45, 2.75) is 45.4 Å². The van der Waals surface area contributed by atoms with E-state index in [0.717, 1.165) is 5.56 Å². The second kappa shape index (κ2) is 6.18. The predicted molar refractivity (Wildman–Crippen MR) is 84.9 cm³/mol. The van der Waals surface area contributed by atoms with E-state index in [4.69, 9.17) is 0 Å². The van der Waals surface area contributed by atoms with Crippen LogP contribution in [0.15, 0.2) is 36.7 Å². The van der Waals surface area contributed by atoms with Crippen LogP contribution in [-0.4, -0.2) is 21.4 Å². The maximum atomic E-state index is 12.9. The van der Waals surface area contributed by atoms with Gasteiger partial charge in [0.2, 0.25) is 0 Å². The maximum Gasteiger partial charge on any atom is 0.123 e. The number of hydrogen-bond acceptors (Lipinski definition) is 3. The Bertz CT molecular complexity index is 612. The zero-order chi connectivity index (χ0) is 16.4. The highest BCUT2D eigenvalue weighted by Crippen LogP contribution is 2.20. The van der Waals surface area contributed by atoms with E-state index in [1.165, 1.54) is 12.1 Å². The Balaban J connectivity index is 1.92. The Morgan fingerprint density at radius 2 is 1.82 bits per heavy atom. The van der Waals surface area contributed by atoms with E-state index in [0.29, 0.717) is 18.7 Å². The van der Waals surface area contributed by atoms with Crippen LogP contribution in [0, 0.1) is 5.82 Å². The molecule has 0 aliphatic carbocycles. The van der Waals surface area contributed by atoms with Gasteiger partial charge in [-0.3, -0.25) is 4.68 Å². The molecule has 0 aliphatic rings. The fraction of sp³-hybridized carbons (Fsp3) is 0.471. The minimum atomic E-state index is -1.05. The van der Waals surface area contributed by atoms with Crippen molar-refractivity contribution in [2.24, 2.45) is 0 Å². The summed E-state index contributed by atoms with van der Waals surface area (Å²) in [7, 11) is 0. The topological polar surface area (TPSA) is 50.1 Å². The Morgan fingerprint density at radius 3 is 2.36 bits per heavy atom. The average molecular weight is 305 g/mol. The van der Waals surface area contributed by atoms with E-state index in [1.54, 1.807) is 19.1 Å². The Kier molecular flexibility index (Phi) is 4.68. The molecule has 1 heterocycles. The van der Waals surface area contributed by atoms with Crippen molar-refractivity contribution in [1.82, 2.24) is 15.1 Å². The number of nitrogens with zero attached hydrogens (tertiary/aromatic N) is 2. The van der Waals surface area contributed by atoms with Gasteiger partial charge in [0.05, 0.1) is 17.3 Å². The van der Waals surface area contributed by atoms with Crippen LogP contribution in [-0.2, 0) is 17.7 Å². The molecule has 0 aliphatic heterocycles. The summed E-state index contributed by atoms with van der Waals surface area (Å²) >= 11 is 0. The van der Waals surface area contributed by atoms with Gasteiger partial charge < -0.3 is 10.4 Å². The molecule has 1 atom stereocenters. The van der Waals surface area contributed by atoms with Crippen molar-refractivity contribution in [2.75, 3.05) is 6.54 Å². The highest BCUT2D eigenvalue weighted by atomic mass is 19.1. The SMILES string of the molecule is CC(O)(CNCc1cnn(C(C)(C)C)c1)c1ccc(F)cc1. The molecule has 4 nitrogen and oxygen atoms in total. The van der Waals surface area contributed by atoms with Crippen molar-refractivity contribution in [3.8, 4) is 0 Å². The van der Waals surface area contributed by atoms with Crippen LogP contribution in [0.5, 0.6) is 0 Å². The van der Waals surface area contributed by atoms with Gasteiger partial charge in [-0.15, -0.1) is 0 Å². The standard InChI is InChI=1S/C17H24FN3O/c1-16(2,3)21-11-13(10-20-21)9-19-12-17(4,22)14-5-7-15(18)8-6-14/h5-8,10-11,19,22H,9,12H2,1-4H3. The molecule has 0 spiro atoms. The molecular weight excluding hydrogens is 281 g/mol. The monoisotopic (exact) mass is 305 g/mol. The third kappa shape index (κ3) is 4.15. The smallest absolute Gasteiger partial charge is 0.123 e. The van der Waals surface area contributed by atoms with Gasteiger partial charge in [0.25, 0.3) is 0 Å². The van der Waals surface area contributed by atoms with Crippen molar-refractivity contribution in [3.05, 3.63) is 53.6 Å². The zero-order valence-electron chi connectivity index (χ0n) is 13.6. The molecule has 22 heavy (non-hydrogen) atoms. The highest BCUT2D eigenvalue weighted by molar-refractivity contribution is 5.22. The highest BCUT2D eigenvalue weighted by Gasteiger charge is 2.22. The first-order valence-corrected chi connectivity index (χ1v) is 7.42. The summed E-state index contributed by atoms with van der Waals surface area (Å²) in [5, 5.41) is 18.0. The van der Waals surface area contributed by atoms with E-state index in [9.17, 15) is 9.50 Å². The minimum Gasteiger partial charge on any atom is -0.384 e. The van der Waals surface area contributed by atoms with E-state index >= 15 is 0 Å². The molecule has 2 aromatic rings. The molecule has 1 aromatic carbocycles. The van der Waals surface area contributed by atoms with Gasteiger partial charge >= 0.3 is 0 Å². The summed E-state index contributed by atoms with van der Waals surface area (Å²) in [5.74, 6) is -0.304. The molecule has 0 radical (unpaired) electrons. The van der Waals surface area contributed by atoms with Crippen LogP contribution in [0.4, 0.5) is 4.39 Å².